The number of hydrogen-bond donors (Lipinski definition) is 1. The highest BCUT2D eigenvalue weighted by atomic mass is 32.2. The van der Waals surface area contributed by atoms with Crippen molar-refractivity contribution in [2.24, 2.45) is 0 Å². The second-order valence-corrected chi connectivity index (χ2v) is 6.34. The number of rotatable bonds is 4. The summed E-state index contributed by atoms with van der Waals surface area (Å²) >= 11 is 0. The van der Waals surface area contributed by atoms with Gasteiger partial charge in [-0.1, -0.05) is 0 Å². The molecule has 17 heavy (non-hydrogen) atoms. The summed E-state index contributed by atoms with van der Waals surface area (Å²) in [4.78, 5) is 0.0575. The van der Waals surface area contributed by atoms with Crippen LogP contribution in [-0.4, -0.2) is 22.0 Å². The van der Waals surface area contributed by atoms with E-state index in [4.69, 9.17) is 0 Å². The molecule has 0 aromatic heterocycles. The molecule has 0 radical (unpaired) electrons. The first kappa shape index (κ1) is 14.3. The fourth-order valence-electron chi connectivity index (χ4n) is 1.29. The van der Waals surface area contributed by atoms with Gasteiger partial charge in [0.25, 0.3) is 0 Å². The van der Waals surface area contributed by atoms with E-state index in [1.165, 1.54) is 6.07 Å². The van der Waals surface area contributed by atoms with Gasteiger partial charge in [0.15, 0.2) is 0 Å². The van der Waals surface area contributed by atoms with E-state index in [0.29, 0.717) is 12.3 Å². The Hall–Kier alpha value is -0.810. The van der Waals surface area contributed by atoms with E-state index >= 15 is 0 Å². The second-order valence-electron chi connectivity index (χ2n) is 4.80. The van der Waals surface area contributed by atoms with Gasteiger partial charge in [0.2, 0.25) is 0 Å². The minimum atomic E-state index is -1.44. The van der Waals surface area contributed by atoms with Crippen LogP contribution in [-0.2, 0) is 10.8 Å². The van der Waals surface area contributed by atoms with Gasteiger partial charge in [0.1, 0.15) is 11.6 Å². The second kappa shape index (κ2) is 5.69. The molecule has 1 atom stereocenters. The maximum Gasteiger partial charge on any atom is 0.142 e. The average molecular weight is 261 g/mol. The summed E-state index contributed by atoms with van der Waals surface area (Å²) in [6.45, 7) is 6.50. The predicted molar refractivity (Wildman–Crippen MR) is 65.4 cm³/mol. The molecule has 1 aromatic carbocycles. The van der Waals surface area contributed by atoms with Gasteiger partial charge in [-0.05, 0) is 32.9 Å². The van der Waals surface area contributed by atoms with Gasteiger partial charge in [-0.25, -0.2) is 8.78 Å². The lowest BCUT2D eigenvalue weighted by Gasteiger charge is -2.20. The summed E-state index contributed by atoms with van der Waals surface area (Å²) in [5.41, 5.74) is -0.0639. The van der Waals surface area contributed by atoms with Gasteiger partial charge in [-0.15, -0.1) is 0 Å². The molecule has 5 heteroatoms. The molecule has 0 bridgehead atoms. The van der Waals surface area contributed by atoms with Crippen molar-refractivity contribution in [3.63, 3.8) is 0 Å². The summed E-state index contributed by atoms with van der Waals surface area (Å²) in [6.07, 6.45) is 0. The summed E-state index contributed by atoms with van der Waals surface area (Å²) in [7, 11) is -1.44. The van der Waals surface area contributed by atoms with Crippen molar-refractivity contribution in [1.29, 1.82) is 0 Å². The minimum absolute atomic E-state index is 0.0575. The first-order valence-electron chi connectivity index (χ1n) is 5.38. The molecule has 96 valence electrons. The fraction of sp³-hybridized carbons (Fsp3) is 0.500. The van der Waals surface area contributed by atoms with Crippen LogP contribution in [0.5, 0.6) is 0 Å². The monoisotopic (exact) mass is 261 g/mol. The number of benzene rings is 1. The zero-order valence-corrected chi connectivity index (χ0v) is 11.0. The maximum absolute atomic E-state index is 13.3. The highest BCUT2D eigenvalue weighted by Crippen LogP contribution is 2.13. The van der Waals surface area contributed by atoms with Crippen LogP contribution in [0.1, 0.15) is 20.8 Å². The Kier molecular flexibility index (Phi) is 4.77. The van der Waals surface area contributed by atoms with Crippen LogP contribution in [0, 0.1) is 11.6 Å². The van der Waals surface area contributed by atoms with Gasteiger partial charge >= 0.3 is 0 Å². The van der Waals surface area contributed by atoms with Crippen LogP contribution >= 0.6 is 0 Å². The van der Waals surface area contributed by atoms with Gasteiger partial charge in [-0.2, -0.15) is 0 Å². The molecule has 0 amide bonds. The lowest BCUT2D eigenvalue weighted by Crippen LogP contribution is -2.38. The predicted octanol–water partition coefficient (Wildman–Crippen LogP) is 2.46. The van der Waals surface area contributed by atoms with E-state index in [1.807, 2.05) is 20.8 Å². The Morgan fingerprint density at radius 1 is 1.29 bits per heavy atom. The molecule has 0 spiro atoms. The maximum atomic E-state index is 13.3. The van der Waals surface area contributed by atoms with E-state index < -0.39 is 22.4 Å². The normalized spacial score (nSPS) is 13.7. The van der Waals surface area contributed by atoms with Crippen molar-refractivity contribution in [1.82, 2.24) is 5.32 Å². The van der Waals surface area contributed by atoms with E-state index in [1.54, 1.807) is 0 Å². The lowest BCUT2D eigenvalue weighted by molar-refractivity contribution is 0.440. The molecular weight excluding hydrogens is 244 g/mol. The van der Waals surface area contributed by atoms with Crippen LogP contribution in [0.15, 0.2) is 23.1 Å². The molecule has 0 aliphatic carbocycles. The quantitative estimate of drug-likeness (QED) is 0.902. The van der Waals surface area contributed by atoms with Gasteiger partial charge < -0.3 is 5.32 Å². The van der Waals surface area contributed by atoms with Crippen molar-refractivity contribution in [2.75, 3.05) is 12.3 Å². The zero-order chi connectivity index (χ0) is 13.1. The third-order valence-corrected chi connectivity index (χ3v) is 3.48. The Balaban J connectivity index is 2.59. The van der Waals surface area contributed by atoms with Crippen LogP contribution in [0.4, 0.5) is 8.78 Å². The van der Waals surface area contributed by atoms with Crippen LogP contribution in [0.25, 0.3) is 0 Å². The molecular formula is C12H17F2NOS. The molecule has 0 saturated heterocycles. The average Bonchev–Trinajstić information content (AvgIpc) is 2.15. The molecule has 0 fully saturated rings. The van der Waals surface area contributed by atoms with Crippen molar-refractivity contribution >= 4 is 10.8 Å². The topological polar surface area (TPSA) is 29.1 Å². The molecule has 0 heterocycles. The molecule has 2 nitrogen and oxygen atoms in total. The lowest BCUT2D eigenvalue weighted by atomic mass is 10.1. The van der Waals surface area contributed by atoms with E-state index in [0.717, 1.165) is 12.1 Å². The summed E-state index contributed by atoms with van der Waals surface area (Å²) < 4.78 is 37.7. The van der Waals surface area contributed by atoms with Crippen LogP contribution in [0.2, 0.25) is 0 Å². The fourth-order valence-corrected chi connectivity index (χ4v) is 2.29. The Morgan fingerprint density at radius 3 is 2.47 bits per heavy atom. The third-order valence-electron chi connectivity index (χ3n) is 2.08. The van der Waals surface area contributed by atoms with E-state index in [-0.39, 0.29) is 10.4 Å². The van der Waals surface area contributed by atoms with Crippen LogP contribution < -0.4 is 5.32 Å². The van der Waals surface area contributed by atoms with Crippen LogP contribution in [0.3, 0.4) is 0 Å². The molecule has 1 unspecified atom stereocenters. The molecule has 1 rings (SSSR count). The molecule has 1 aromatic rings. The Morgan fingerprint density at radius 2 is 1.94 bits per heavy atom. The molecule has 0 aliphatic heterocycles. The first-order chi connectivity index (χ1) is 7.79. The number of hydrogen-bond acceptors (Lipinski definition) is 2. The SMILES string of the molecule is CC(C)(C)NCCS(=O)c1ccc(F)cc1F. The standard InChI is InChI=1S/C12H17F2NOS/c1-12(2,3)15-6-7-17(16)11-5-4-9(13)8-10(11)14/h4-5,8,15H,6-7H2,1-3H3. The Labute approximate surface area is 103 Å². The van der Waals surface area contributed by atoms with E-state index in [9.17, 15) is 13.0 Å². The van der Waals surface area contributed by atoms with Crippen molar-refractivity contribution in [3.8, 4) is 0 Å². The zero-order valence-electron chi connectivity index (χ0n) is 10.2. The third kappa shape index (κ3) is 4.91. The molecule has 0 aliphatic rings. The summed E-state index contributed by atoms with van der Waals surface area (Å²) in [5.74, 6) is -1.10. The Bertz CT molecular complexity index is 415. The van der Waals surface area contributed by atoms with Crippen molar-refractivity contribution in [2.45, 2.75) is 31.2 Å². The van der Waals surface area contributed by atoms with Gasteiger partial charge in [0.05, 0.1) is 15.7 Å². The van der Waals surface area contributed by atoms with Gasteiger partial charge in [-0.3, -0.25) is 4.21 Å². The molecule has 0 saturated carbocycles. The number of nitrogens with one attached hydrogen (secondary N) is 1. The largest absolute Gasteiger partial charge is 0.311 e. The first-order valence-corrected chi connectivity index (χ1v) is 6.70. The van der Waals surface area contributed by atoms with Gasteiger partial charge in [0, 0.05) is 23.9 Å². The summed E-state index contributed by atoms with van der Waals surface area (Å²) in [6, 6.07) is 3.11. The summed E-state index contributed by atoms with van der Waals surface area (Å²) in [5, 5.41) is 3.16. The van der Waals surface area contributed by atoms with Crippen molar-refractivity contribution < 1.29 is 13.0 Å². The number of halogens is 2. The highest BCUT2D eigenvalue weighted by molar-refractivity contribution is 7.85. The van der Waals surface area contributed by atoms with E-state index in [2.05, 4.69) is 5.32 Å². The van der Waals surface area contributed by atoms with Crippen molar-refractivity contribution in [3.05, 3.63) is 29.8 Å². The minimum Gasteiger partial charge on any atom is -0.311 e. The smallest absolute Gasteiger partial charge is 0.142 e. The highest BCUT2D eigenvalue weighted by Gasteiger charge is 2.13. The molecule has 1 N–H and O–H groups in total.